The summed E-state index contributed by atoms with van der Waals surface area (Å²) in [6.07, 6.45) is -4.56. The van der Waals surface area contributed by atoms with E-state index in [-0.39, 0.29) is 12.1 Å². The SMILES string of the molecule is Fc1cc(CNc2ccc(Br)cc2Br)cc(C(F)(F)F)c1. The van der Waals surface area contributed by atoms with Crippen LogP contribution in [0.1, 0.15) is 11.1 Å². The van der Waals surface area contributed by atoms with Gasteiger partial charge < -0.3 is 5.32 Å². The Labute approximate surface area is 135 Å². The van der Waals surface area contributed by atoms with Crippen LogP contribution in [0.15, 0.2) is 45.3 Å². The second kappa shape index (κ2) is 6.36. The summed E-state index contributed by atoms with van der Waals surface area (Å²) in [6.45, 7) is 0.0844. The smallest absolute Gasteiger partial charge is 0.380 e. The van der Waals surface area contributed by atoms with Gasteiger partial charge in [0.05, 0.1) is 5.56 Å². The first kappa shape index (κ1) is 16.3. The van der Waals surface area contributed by atoms with Crippen LogP contribution < -0.4 is 5.32 Å². The lowest BCUT2D eigenvalue weighted by Gasteiger charge is -2.12. The number of alkyl halides is 3. The zero-order valence-electron chi connectivity index (χ0n) is 10.4. The Bertz CT molecular complexity index is 656. The molecule has 7 heteroatoms. The first-order chi connectivity index (χ1) is 9.75. The summed E-state index contributed by atoms with van der Waals surface area (Å²) >= 11 is 6.64. The van der Waals surface area contributed by atoms with Gasteiger partial charge in [-0.3, -0.25) is 0 Å². The number of nitrogens with one attached hydrogen (secondary N) is 1. The van der Waals surface area contributed by atoms with E-state index in [0.29, 0.717) is 11.8 Å². The second-order valence-corrected chi connectivity index (χ2v) is 6.09. The molecule has 0 fully saturated rings. The Kier molecular flexibility index (Phi) is 4.93. The second-order valence-electron chi connectivity index (χ2n) is 4.32. The number of hydrogen-bond donors (Lipinski definition) is 1. The normalized spacial score (nSPS) is 11.5. The van der Waals surface area contributed by atoms with Crippen molar-refractivity contribution < 1.29 is 17.6 Å². The van der Waals surface area contributed by atoms with Crippen molar-refractivity contribution in [2.45, 2.75) is 12.7 Å². The molecule has 0 unspecified atom stereocenters. The first-order valence-corrected chi connectivity index (χ1v) is 7.40. The van der Waals surface area contributed by atoms with E-state index >= 15 is 0 Å². The minimum absolute atomic E-state index is 0.0844. The Morgan fingerprint density at radius 2 is 1.71 bits per heavy atom. The van der Waals surface area contributed by atoms with E-state index in [4.69, 9.17) is 0 Å². The van der Waals surface area contributed by atoms with E-state index in [2.05, 4.69) is 37.2 Å². The van der Waals surface area contributed by atoms with Crippen LogP contribution in [0.2, 0.25) is 0 Å². The molecule has 0 aliphatic carbocycles. The highest BCUT2D eigenvalue weighted by Crippen LogP contribution is 2.31. The number of benzene rings is 2. The summed E-state index contributed by atoms with van der Waals surface area (Å²) in [6, 6.07) is 7.85. The van der Waals surface area contributed by atoms with Gasteiger partial charge in [0.2, 0.25) is 0 Å². The molecule has 0 amide bonds. The Morgan fingerprint density at radius 3 is 2.33 bits per heavy atom. The van der Waals surface area contributed by atoms with Crippen LogP contribution in [0.5, 0.6) is 0 Å². The highest BCUT2D eigenvalue weighted by molar-refractivity contribution is 9.11. The average molecular weight is 427 g/mol. The minimum Gasteiger partial charge on any atom is -0.380 e. The molecule has 112 valence electrons. The monoisotopic (exact) mass is 425 g/mol. The van der Waals surface area contributed by atoms with Gasteiger partial charge in [0, 0.05) is 21.2 Å². The molecule has 1 nitrogen and oxygen atoms in total. The number of rotatable bonds is 3. The van der Waals surface area contributed by atoms with Crippen LogP contribution in [-0.2, 0) is 12.7 Å². The molecule has 0 aliphatic heterocycles. The van der Waals surface area contributed by atoms with Gasteiger partial charge in [0.1, 0.15) is 5.82 Å². The average Bonchev–Trinajstić information content (AvgIpc) is 2.36. The molecule has 0 saturated heterocycles. The molecular weight excluding hydrogens is 418 g/mol. The predicted molar refractivity (Wildman–Crippen MR) is 80.6 cm³/mol. The lowest BCUT2D eigenvalue weighted by atomic mass is 10.1. The fraction of sp³-hybridized carbons (Fsp3) is 0.143. The fourth-order valence-corrected chi connectivity index (χ4v) is 2.93. The van der Waals surface area contributed by atoms with Gasteiger partial charge in [0.15, 0.2) is 0 Å². The van der Waals surface area contributed by atoms with Crippen LogP contribution in [0.3, 0.4) is 0 Å². The van der Waals surface area contributed by atoms with Crippen molar-refractivity contribution in [3.05, 3.63) is 62.3 Å². The quantitative estimate of drug-likeness (QED) is 0.595. The third-order valence-electron chi connectivity index (χ3n) is 2.70. The summed E-state index contributed by atoms with van der Waals surface area (Å²) in [5.41, 5.74) is -0.0673. The van der Waals surface area contributed by atoms with Gasteiger partial charge in [-0.15, -0.1) is 0 Å². The highest BCUT2D eigenvalue weighted by Gasteiger charge is 2.31. The number of hydrogen-bond acceptors (Lipinski definition) is 1. The summed E-state index contributed by atoms with van der Waals surface area (Å²) in [5, 5.41) is 2.96. The molecule has 0 spiro atoms. The van der Waals surface area contributed by atoms with Crippen LogP contribution in [-0.4, -0.2) is 0 Å². The molecular formula is C14H9Br2F4N. The Morgan fingerprint density at radius 1 is 1.00 bits per heavy atom. The molecule has 2 aromatic carbocycles. The topological polar surface area (TPSA) is 12.0 Å². The summed E-state index contributed by atoms with van der Waals surface area (Å²) in [7, 11) is 0. The van der Waals surface area contributed by atoms with Crippen LogP contribution in [0.25, 0.3) is 0 Å². The van der Waals surface area contributed by atoms with Gasteiger partial charge in [-0.05, 0) is 57.9 Å². The molecule has 0 radical (unpaired) electrons. The summed E-state index contributed by atoms with van der Waals surface area (Å²) < 4.78 is 52.8. The van der Waals surface area contributed by atoms with Crippen molar-refractivity contribution in [2.75, 3.05) is 5.32 Å². The predicted octanol–water partition coefficient (Wildman–Crippen LogP) is 5.98. The third kappa shape index (κ3) is 4.44. The Hall–Kier alpha value is -1.08. The van der Waals surface area contributed by atoms with E-state index in [9.17, 15) is 17.6 Å². The molecule has 0 atom stereocenters. The Balaban J connectivity index is 2.18. The van der Waals surface area contributed by atoms with E-state index in [1.54, 1.807) is 18.2 Å². The van der Waals surface area contributed by atoms with Crippen LogP contribution >= 0.6 is 31.9 Å². The maximum atomic E-state index is 13.3. The minimum atomic E-state index is -4.56. The van der Waals surface area contributed by atoms with E-state index in [0.717, 1.165) is 21.1 Å². The van der Waals surface area contributed by atoms with Crippen LogP contribution in [0, 0.1) is 5.82 Å². The number of halogens is 6. The van der Waals surface area contributed by atoms with E-state index in [1.165, 1.54) is 0 Å². The molecule has 0 bridgehead atoms. The fourth-order valence-electron chi connectivity index (χ4n) is 1.75. The van der Waals surface area contributed by atoms with Crippen molar-refractivity contribution in [3.8, 4) is 0 Å². The summed E-state index contributed by atoms with van der Waals surface area (Å²) in [5.74, 6) is -0.906. The molecule has 0 saturated carbocycles. The van der Waals surface area contributed by atoms with E-state index < -0.39 is 17.6 Å². The lowest BCUT2D eigenvalue weighted by molar-refractivity contribution is -0.137. The van der Waals surface area contributed by atoms with Crippen molar-refractivity contribution in [1.29, 1.82) is 0 Å². The molecule has 1 N–H and O–H groups in total. The van der Waals surface area contributed by atoms with Gasteiger partial charge >= 0.3 is 6.18 Å². The molecule has 21 heavy (non-hydrogen) atoms. The van der Waals surface area contributed by atoms with Crippen molar-refractivity contribution in [1.82, 2.24) is 0 Å². The standard InChI is InChI=1S/C14H9Br2F4N/c15-10-1-2-13(12(16)6-10)21-7-8-3-9(14(18,19)20)5-11(17)4-8/h1-6,21H,7H2. The van der Waals surface area contributed by atoms with E-state index in [1.807, 2.05) is 0 Å². The van der Waals surface area contributed by atoms with Gasteiger partial charge in [-0.25, -0.2) is 4.39 Å². The molecule has 2 aromatic rings. The molecule has 0 aromatic heterocycles. The first-order valence-electron chi connectivity index (χ1n) is 5.81. The van der Waals surface area contributed by atoms with Crippen molar-refractivity contribution in [3.63, 3.8) is 0 Å². The van der Waals surface area contributed by atoms with Crippen LogP contribution in [0.4, 0.5) is 23.2 Å². The zero-order valence-corrected chi connectivity index (χ0v) is 13.6. The third-order valence-corrected chi connectivity index (χ3v) is 3.85. The molecule has 0 aliphatic rings. The zero-order chi connectivity index (χ0) is 15.6. The largest absolute Gasteiger partial charge is 0.416 e. The molecule has 0 heterocycles. The maximum Gasteiger partial charge on any atom is 0.416 e. The highest BCUT2D eigenvalue weighted by atomic mass is 79.9. The van der Waals surface area contributed by atoms with Gasteiger partial charge in [-0.2, -0.15) is 13.2 Å². The maximum absolute atomic E-state index is 13.3. The molecule has 2 rings (SSSR count). The van der Waals surface area contributed by atoms with Gasteiger partial charge in [0.25, 0.3) is 0 Å². The number of anilines is 1. The van der Waals surface area contributed by atoms with Crippen molar-refractivity contribution >= 4 is 37.5 Å². The van der Waals surface area contributed by atoms with Crippen molar-refractivity contribution in [2.24, 2.45) is 0 Å². The summed E-state index contributed by atoms with van der Waals surface area (Å²) in [4.78, 5) is 0. The van der Waals surface area contributed by atoms with Gasteiger partial charge in [-0.1, -0.05) is 15.9 Å². The lowest BCUT2D eigenvalue weighted by Crippen LogP contribution is -2.08.